The molecule has 0 aliphatic heterocycles. The van der Waals surface area contributed by atoms with Crippen LogP contribution in [-0.4, -0.2) is 21.0 Å². The maximum absolute atomic E-state index is 9.50. The fourth-order valence-electron chi connectivity index (χ4n) is 1.95. The van der Waals surface area contributed by atoms with Crippen molar-refractivity contribution >= 4 is 23.3 Å². The number of aromatic nitrogens is 2. The highest BCUT2D eigenvalue weighted by molar-refractivity contribution is 7.71. The van der Waals surface area contributed by atoms with Crippen molar-refractivity contribution in [3.63, 3.8) is 0 Å². The minimum absolute atomic E-state index is 0.682. The van der Waals surface area contributed by atoms with Gasteiger partial charge in [-0.25, -0.2) is 9.66 Å². The van der Waals surface area contributed by atoms with Gasteiger partial charge in [-0.1, -0.05) is 25.6 Å². The van der Waals surface area contributed by atoms with E-state index >= 15 is 0 Å². The Balaban J connectivity index is 2.69. The lowest BCUT2D eigenvalue weighted by Crippen LogP contribution is -2.26. The fourth-order valence-corrected chi connectivity index (χ4v) is 2.25. The summed E-state index contributed by atoms with van der Waals surface area (Å²) in [6.07, 6.45) is 2.99. The van der Waals surface area contributed by atoms with Gasteiger partial charge in [0.1, 0.15) is 10.9 Å². The minimum atomic E-state index is -0.682. The summed E-state index contributed by atoms with van der Waals surface area (Å²) in [4.78, 5) is 4.32. The lowest BCUT2D eigenvalue weighted by atomic mass is 10.1. The highest BCUT2D eigenvalue weighted by atomic mass is 32.1. The van der Waals surface area contributed by atoms with Crippen LogP contribution in [-0.2, 0) is 6.42 Å². The molecule has 2 heterocycles. The van der Waals surface area contributed by atoms with Gasteiger partial charge in [0, 0.05) is 11.6 Å². The topological polar surface area (TPSA) is 50.1 Å². The second-order valence-corrected chi connectivity index (χ2v) is 4.67. The summed E-state index contributed by atoms with van der Waals surface area (Å²) in [6, 6.07) is 5.97. The number of nitrogens with zero attached hydrogens (tertiary/aromatic N) is 2. The largest absolute Gasteiger partial charge is 0.373 e. The molecule has 0 saturated heterocycles. The van der Waals surface area contributed by atoms with Crippen molar-refractivity contribution in [1.29, 1.82) is 0 Å². The van der Waals surface area contributed by atoms with E-state index in [4.69, 9.17) is 12.2 Å². The van der Waals surface area contributed by atoms with E-state index in [9.17, 15) is 5.11 Å². The van der Waals surface area contributed by atoms with Gasteiger partial charge >= 0.3 is 0 Å². The van der Waals surface area contributed by atoms with Crippen molar-refractivity contribution in [2.45, 2.75) is 32.9 Å². The maximum atomic E-state index is 9.50. The predicted octanol–water partition coefficient (Wildman–Crippen LogP) is 2.60. The van der Waals surface area contributed by atoms with E-state index in [1.165, 1.54) is 0 Å². The Morgan fingerprint density at radius 3 is 3.00 bits per heavy atom. The Hall–Kier alpha value is -1.46. The predicted molar refractivity (Wildman–Crippen MR) is 75.6 cm³/mol. The van der Waals surface area contributed by atoms with Gasteiger partial charge in [0.15, 0.2) is 5.65 Å². The summed E-state index contributed by atoms with van der Waals surface area (Å²) in [6.45, 7) is 3.78. The van der Waals surface area contributed by atoms with Crippen molar-refractivity contribution in [1.82, 2.24) is 9.66 Å². The summed E-state index contributed by atoms with van der Waals surface area (Å²) in [5, 5.41) is 10.5. The first kappa shape index (κ1) is 13.0. The Morgan fingerprint density at radius 1 is 1.56 bits per heavy atom. The second-order valence-electron chi connectivity index (χ2n) is 4.28. The van der Waals surface area contributed by atoms with E-state index < -0.39 is 6.23 Å². The van der Waals surface area contributed by atoms with Crippen LogP contribution in [0.15, 0.2) is 24.4 Å². The van der Waals surface area contributed by atoms with Crippen LogP contribution < -0.4 is 5.43 Å². The molecule has 1 atom stereocenters. The van der Waals surface area contributed by atoms with Gasteiger partial charge in [-0.2, -0.15) is 0 Å². The average molecular weight is 263 g/mol. The lowest BCUT2D eigenvalue weighted by Gasteiger charge is -2.17. The van der Waals surface area contributed by atoms with Crippen LogP contribution in [0, 0.1) is 4.64 Å². The number of fused-ring (bicyclic) bond motifs is 1. The molecule has 0 aliphatic carbocycles. The molecule has 2 aromatic rings. The Kier molecular flexibility index (Phi) is 3.93. The van der Waals surface area contributed by atoms with Gasteiger partial charge < -0.3 is 5.11 Å². The smallest absolute Gasteiger partial charge is 0.159 e. The molecule has 1 unspecified atom stereocenters. The van der Waals surface area contributed by atoms with E-state index in [-0.39, 0.29) is 0 Å². The molecule has 0 spiro atoms. The van der Waals surface area contributed by atoms with Crippen molar-refractivity contribution in [2.24, 2.45) is 0 Å². The number of pyridine rings is 2. The van der Waals surface area contributed by atoms with Gasteiger partial charge in [-0.05, 0) is 37.1 Å². The monoisotopic (exact) mass is 263 g/mol. The lowest BCUT2D eigenvalue weighted by molar-refractivity contribution is 0.208. The third kappa shape index (κ3) is 2.52. The van der Waals surface area contributed by atoms with Crippen LogP contribution >= 0.6 is 12.2 Å². The maximum Gasteiger partial charge on any atom is 0.159 e. The summed E-state index contributed by atoms with van der Waals surface area (Å²) in [7, 11) is 0. The third-order valence-electron chi connectivity index (χ3n) is 2.67. The zero-order valence-electron chi connectivity index (χ0n) is 10.6. The number of aliphatic hydroxyl groups excluding tert-OH is 1. The Labute approximate surface area is 111 Å². The molecule has 0 saturated carbocycles. The average Bonchev–Trinajstić information content (AvgIpc) is 2.34. The number of hydrogen-bond donors (Lipinski definition) is 2. The second kappa shape index (κ2) is 5.46. The van der Waals surface area contributed by atoms with Crippen LogP contribution in [0.2, 0.25) is 0 Å². The Bertz CT molecular complexity index is 607. The van der Waals surface area contributed by atoms with Gasteiger partial charge in [0.05, 0.1) is 0 Å². The van der Waals surface area contributed by atoms with E-state index in [0.717, 1.165) is 29.4 Å². The molecule has 0 aliphatic rings. The third-order valence-corrected chi connectivity index (χ3v) is 3.12. The SMILES string of the molecule is CCCc1cc2cccnc2n(NC(C)O)c1=S. The quantitative estimate of drug-likeness (QED) is 0.657. The molecule has 96 valence electrons. The van der Waals surface area contributed by atoms with Crippen LogP contribution in [0.5, 0.6) is 0 Å². The number of aryl methyl sites for hydroxylation is 1. The summed E-state index contributed by atoms with van der Waals surface area (Å²) < 4.78 is 2.38. The van der Waals surface area contributed by atoms with E-state index in [0.29, 0.717) is 4.64 Å². The summed E-state index contributed by atoms with van der Waals surface area (Å²) in [5.74, 6) is 0. The molecule has 4 nitrogen and oxygen atoms in total. The van der Waals surface area contributed by atoms with Crippen molar-refractivity contribution < 1.29 is 5.11 Å². The highest BCUT2D eigenvalue weighted by Crippen LogP contribution is 2.16. The molecule has 2 rings (SSSR count). The minimum Gasteiger partial charge on any atom is -0.373 e. The molecule has 0 bridgehead atoms. The van der Waals surface area contributed by atoms with E-state index in [2.05, 4.69) is 23.4 Å². The molecule has 2 aromatic heterocycles. The van der Waals surface area contributed by atoms with Crippen molar-refractivity contribution in [3.8, 4) is 0 Å². The van der Waals surface area contributed by atoms with E-state index in [1.54, 1.807) is 17.8 Å². The van der Waals surface area contributed by atoms with Crippen molar-refractivity contribution in [3.05, 3.63) is 34.6 Å². The first-order chi connectivity index (χ1) is 8.63. The van der Waals surface area contributed by atoms with E-state index in [1.807, 2.05) is 12.1 Å². The molecule has 5 heteroatoms. The van der Waals surface area contributed by atoms with Crippen LogP contribution in [0.3, 0.4) is 0 Å². The van der Waals surface area contributed by atoms with Gasteiger partial charge in [-0.15, -0.1) is 0 Å². The number of rotatable bonds is 4. The van der Waals surface area contributed by atoms with Gasteiger partial charge in [-0.3, -0.25) is 5.43 Å². The molecule has 0 amide bonds. The number of hydrogen-bond acceptors (Lipinski definition) is 4. The molecular weight excluding hydrogens is 246 g/mol. The molecule has 2 N–H and O–H groups in total. The summed E-state index contributed by atoms with van der Waals surface area (Å²) >= 11 is 5.45. The molecule has 0 fully saturated rings. The first-order valence-electron chi connectivity index (χ1n) is 6.07. The summed E-state index contributed by atoms with van der Waals surface area (Å²) in [5.41, 5.74) is 4.76. The zero-order chi connectivity index (χ0) is 13.1. The standard InChI is InChI=1S/C13H17N3OS/c1-3-5-11-8-10-6-4-7-14-12(10)16(13(11)18)15-9(2)17/h4,6-9,15,17H,3,5H2,1-2H3. The van der Waals surface area contributed by atoms with Crippen LogP contribution in [0.4, 0.5) is 0 Å². The zero-order valence-corrected chi connectivity index (χ0v) is 11.4. The fraction of sp³-hybridized carbons (Fsp3) is 0.385. The van der Waals surface area contributed by atoms with Crippen LogP contribution in [0.1, 0.15) is 25.8 Å². The van der Waals surface area contributed by atoms with Crippen molar-refractivity contribution in [2.75, 3.05) is 5.43 Å². The first-order valence-corrected chi connectivity index (χ1v) is 6.48. The molecule has 0 radical (unpaired) electrons. The Morgan fingerprint density at radius 2 is 2.33 bits per heavy atom. The van der Waals surface area contributed by atoms with Crippen LogP contribution in [0.25, 0.3) is 11.0 Å². The molecule has 0 aromatic carbocycles. The normalized spacial score (nSPS) is 12.6. The molecular formula is C13H17N3OS. The highest BCUT2D eigenvalue weighted by Gasteiger charge is 2.08. The number of nitrogens with one attached hydrogen (secondary N) is 1. The molecule has 18 heavy (non-hydrogen) atoms. The number of aliphatic hydroxyl groups is 1. The van der Waals surface area contributed by atoms with Gasteiger partial charge in [0.25, 0.3) is 0 Å². The van der Waals surface area contributed by atoms with Gasteiger partial charge in [0.2, 0.25) is 0 Å².